The molecule has 4 nitrogen and oxygen atoms in total. The summed E-state index contributed by atoms with van der Waals surface area (Å²) < 4.78 is 10.3. The second kappa shape index (κ2) is 30.4. The molecule has 0 aromatic rings. The van der Waals surface area contributed by atoms with Gasteiger partial charge in [-0.15, -0.1) is 0 Å². The number of unbranched alkanes of at least 4 members (excludes halogenated alkanes) is 26. The van der Waals surface area contributed by atoms with Gasteiger partial charge in [0.1, 0.15) is 0 Å². The monoisotopic (exact) mass is 581 g/mol. The van der Waals surface area contributed by atoms with Gasteiger partial charge >= 0.3 is 11.9 Å². The Bertz CT molecular complexity index is 523. The lowest BCUT2D eigenvalue weighted by Crippen LogP contribution is -2.41. The Labute approximate surface area is 256 Å². The summed E-state index contributed by atoms with van der Waals surface area (Å²) >= 11 is 0. The van der Waals surface area contributed by atoms with E-state index in [-0.39, 0.29) is 0 Å². The minimum Gasteiger partial charge on any atom is -0.468 e. The molecule has 0 bridgehead atoms. The largest absolute Gasteiger partial charge is 0.468 e. The molecule has 0 aliphatic carbocycles. The topological polar surface area (TPSA) is 52.6 Å². The molecule has 4 heteroatoms. The van der Waals surface area contributed by atoms with Gasteiger partial charge in [-0.25, -0.2) is 0 Å². The van der Waals surface area contributed by atoms with Gasteiger partial charge in [-0.1, -0.05) is 194 Å². The lowest BCUT2D eigenvalue weighted by atomic mass is 9.77. The molecule has 0 aromatic carbocycles. The molecular weight excluding hydrogens is 508 g/mol. The van der Waals surface area contributed by atoms with Crippen LogP contribution in [-0.4, -0.2) is 26.2 Å². The molecule has 244 valence electrons. The van der Waals surface area contributed by atoms with Crippen molar-refractivity contribution in [3.05, 3.63) is 0 Å². The summed E-state index contributed by atoms with van der Waals surface area (Å²) in [5, 5.41) is 0. The molecule has 0 spiro atoms. The van der Waals surface area contributed by atoms with Gasteiger partial charge < -0.3 is 9.47 Å². The molecule has 41 heavy (non-hydrogen) atoms. The number of carbonyl (C=O) groups is 2. The smallest absolute Gasteiger partial charge is 0.323 e. The van der Waals surface area contributed by atoms with E-state index in [1.807, 2.05) is 0 Å². The molecule has 0 aromatic heterocycles. The molecule has 0 aliphatic rings. The summed E-state index contributed by atoms with van der Waals surface area (Å²) in [6.07, 6.45) is 37.2. The molecule has 0 saturated carbocycles. The first kappa shape index (κ1) is 39.9. The first-order chi connectivity index (χ1) is 20.1. The number of hydrogen-bond acceptors (Lipinski definition) is 4. The highest BCUT2D eigenvalue weighted by Gasteiger charge is 2.47. The summed E-state index contributed by atoms with van der Waals surface area (Å²) in [5.41, 5.74) is -1.13. The van der Waals surface area contributed by atoms with Crippen molar-refractivity contribution in [2.45, 2.75) is 206 Å². The zero-order chi connectivity index (χ0) is 30.3. The van der Waals surface area contributed by atoms with Crippen LogP contribution in [0.5, 0.6) is 0 Å². The summed E-state index contributed by atoms with van der Waals surface area (Å²) in [7, 11) is 2.80. The van der Waals surface area contributed by atoms with Gasteiger partial charge in [0, 0.05) is 0 Å². The van der Waals surface area contributed by atoms with E-state index in [1.54, 1.807) is 0 Å². The molecule has 0 fully saturated rings. The van der Waals surface area contributed by atoms with Crippen LogP contribution in [0.3, 0.4) is 0 Å². The Kier molecular flexibility index (Phi) is 29.6. The van der Waals surface area contributed by atoms with Gasteiger partial charge in [-0.2, -0.15) is 0 Å². The van der Waals surface area contributed by atoms with Crippen molar-refractivity contribution in [2.75, 3.05) is 14.2 Å². The molecule has 0 amide bonds. The van der Waals surface area contributed by atoms with Crippen molar-refractivity contribution in [2.24, 2.45) is 5.41 Å². The van der Waals surface area contributed by atoms with E-state index in [9.17, 15) is 9.59 Å². The third-order valence-corrected chi connectivity index (χ3v) is 9.07. The predicted molar refractivity (Wildman–Crippen MR) is 176 cm³/mol. The van der Waals surface area contributed by atoms with Crippen LogP contribution in [0, 0.1) is 5.41 Å². The van der Waals surface area contributed by atoms with E-state index in [0.29, 0.717) is 12.8 Å². The Hall–Kier alpha value is -1.06. The van der Waals surface area contributed by atoms with Crippen molar-refractivity contribution < 1.29 is 19.1 Å². The van der Waals surface area contributed by atoms with E-state index in [0.717, 1.165) is 25.7 Å². The number of ether oxygens (including phenoxy) is 2. The van der Waals surface area contributed by atoms with Crippen molar-refractivity contribution >= 4 is 11.9 Å². The summed E-state index contributed by atoms with van der Waals surface area (Å²) in [6.45, 7) is 4.55. The minimum absolute atomic E-state index is 0.409. The first-order valence-electron chi connectivity index (χ1n) is 18.3. The Morgan fingerprint density at radius 2 is 0.561 bits per heavy atom. The van der Waals surface area contributed by atoms with E-state index < -0.39 is 17.4 Å². The standard InChI is InChI=1S/C37H72O4/c1-5-7-9-11-13-15-17-19-21-23-25-27-29-31-33-37(35(38)40-3,36(39)41-4)34-32-30-28-26-24-22-20-18-16-14-12-10-8-6-2/h5-34H2,1-4H3. The second-order valence-electron chi connectivity index (χ2n) is 12.8. The van der Waals surface area contributed by atoms with Crippen LogP contribution in [0.2, 0.25) is 0 Å². The van der Waals surface area contributed by atoms with E-state index in [4.69, 9.17) is 9.47 Å². The number of rotatable bonds is 32. The fourth-order valence-electron chi connectivity index (χ4n) is 6.25. The van der Waals surface area contributed by atoms with Crippen LogP contribution in [0.25, 0.3) is 0 Å². The molecule has 0 rings (SSSR count). The van der Waals surface area contributed by atoms with Crippen LogP contribution in [0.4, 0.5) is 0 Å². The number of hydrogen-bond donors (Lipinski definition) is 0. The van der Waals surface area contributed by atoms with Crippen LogP contribution >= 0.6 is 0 Å². The Morgan fingerprint density at radius 3 is 0.756 bits per heavy atom. The van der Waals surface area contributed by atoms with Crippen LogP contribution < -0.4 is 0 Å². The maximum atomic E-state index is 12.8. The molecule has 0 heterocycles. The van der Waals surface area contributed by atoms with Crippen molar-refractivity contribution in [1.29, 1.82) is 0 Å². The maximum Gasteiger partial charge on any atom is 0.323 e. The first-order valence-corrected chi connectivity index (χ1v) is 18.3. The van der Waals surface area contributed by atoms with Crippen molar-refractivity contribution in [1.82, 2.24) is 0 Å². The van der Waals surface area contributed by atoms with E-state index in [1.165, 1.54) is 168 Å². The van der Waals surface area contributed by atoms with Gasteiger partial charge in [-0.05, 0) is 12.8 Å². The normalized spacial score (nSPS) is 11.6. The quantitative estimate of drug-likeness (QED) is 0.0451. The molecular formula is C37H72O4. The third-order valence-electron chi connectivity index (χ3n) is 9.07. The van der Waals surface area contributed by atoms with Gasteiger partial charge in [0.05, 0.1) is 14.2 Å². The number of methoxy groups -OCH3 is 2. The van der Waals surface area contributed by atoms with Gasteiger partial charge in [0.25, 0.3) is 0 Å². The van der Waals surface area contributed by atoms with Crippen molar-refractivity contribution in [3.63, 3.8) is 0 Å². The Balaban J connectivity index is 4.08. The highest BCUT2D eigenvalue weighted by Crippen LogP contribution is 2.35. The molecule has 0 saturated heterocycles. The highest BCUT2D eigenvalue weighted by atomic mass is 16.5. The Morgan fingerprint density at radius 1 is 0.366 bits per heavy atom. The van der Waals surface area contributed by atoms with Crippen molar-refractivity contribution in [3.8, 4) is 0 Å². The van der Waals surface area contributed by atoms with E-state index in [2.05, 4.69) is 13.8 Å². The predicted octanol–water partition coefficient (Wildman–Crippen LogP) is 12.1. The van der Waals surface area contributed by atoms with Gasteiger partial charge in [0.15, 0.2) is 5.41 Å². The third kappa shape index (κ3) is 22.2. The molecule has 0 unspecified atom stereocenters. The lowest BCUT2D eigenvalue weighted by Gasteiger charge is -2.28. The highest BCUT2D eigenvalue weighted by molar-refractivity contribution is 5.99. The summed E-state index contributed by atoms with van der Waals surface area (Å²) in [5.74, 6) is -0.817. The fourth-order valence-corrected chi connectivity index (χ4v) is 6.25. The SMILES string of the molecule is CCCCCCCCCCCCCCCCC(CCCCCCCCCCCCCCCC)(C(=O)OC)C(=O)OC. The molecule has 0 N–H and O–H groups in total. The maximum absolute atomic E-state index is 12.8. The zero-order valence-electron chi connectivity index (χ0n) is 28.3. The van der Waals surface area contributed by atoms with Crippen LogP contribution in [0.15, 0.2) is 0 Å². The summed E-state index contributed by atoms with van der Waals surface area (Å²) in [6, 6.07) is 0. The average molecular weight is 581 g/mol. The van der Waals surface area contributed by atoms with E-state index >= 15 is 0 Å². The minimum atomic E-state index is -1.13. The van der Waals surface area contributed by atoms with Gasteiger partial charge in [0.2, 0.25) is 0 Å². The second-order valence-corrected chi connectivity index (χ2v) is 12.8. The van der Waals surface area contributed by atoms with Crippen LogP contribution in [-0.2, 0) is 19.1 Å². The number of carbonyl (C=O) groups excluding carboxylic acids is 2. The zero-order valence-corrected chi connectivity index (χ0v) is 28.3. The van der Waals surface area contributed by atoms with Gasteiger partial charge in [-0.3, -0.25) is 9.59 Å². The number of esters is 2. The lowest BCUT2D eigenvalue weighted by molar-refractivity contribution is -0.170. The molecule has 0 atom stereocenters. The fraction of sp³-hybridized carbons (Fsp3) is 0.946. The summed E-state index contributed by atoms with van der Waals surface area (Å²) in [4.78, 5) is 25.7. The average Bonchev–Trinajstić information content (AvgIpc) is 2.99. The molecule has 0 aliphatic heterocycles. The van der Waals surface area contributed by atoms with Crippen LogP contribution in [0.1, 0.15) is 206 Å². The molecule has 0 radical (unpaired) electrons.